The fourth-order valence-electron chi connectivity index (χ4n) is 3.78. The van der Waals surface area contributed by atoms with Crippen LogP contribution in [0.1, 0.15) is 30.4 Å². The van der Waals surface area contributed by atoms with Crippen LogP contribution in [0.2, 0.25) is 0 Å². The van der Waals surface area contributed by atoms with E-state index in [-0.39, 0.29) is 24.3 Å². The number of unbranched alkanes of at least 4 members (excludes halogenated alkanes) is 1. The normalized spacial score (nSPS) is 13.9. The van der Waals surface area contributed by atoms with Crippen LogP contribution in [0.3, 0.4) is 0 Å². The van der Waals surface area contributed by atoms with Gasteiger partial charge in [-0.05, 0) is 42.6 Å². The second-order valence-corrected chi connectivity index (χ2v) is 9.52. The molecule has 12 heteroatoms. The molecule has 0 saturated heterocycles. The summed E-state index contributed by atoms with van der Waals surface area (Å²) in [5.41, 5.74) is 12.9. The molecular weight excluding hydrogens is 522 g/mol. The fourth-order valence-corrected chi connectivity index (χ4v) is 4.03. The van der Waals surface area contributed by atoms with Crippen molar-refractivity contribution in [2.75, 3.05) is 12.3 Å². The highest BCUT2D eigenvalue weighted by Gasteiger charge is 2.30. The highest BCUT2D eigenvalue weighted by molar-refractivity contribution is 7.80. The molecule has 2 aromatic carbocycles. The summed E-state index contributed by atoms with van der Waals surface area (Å²) in [5, 5.41) is 26.7. The van der Waals surface area contributed by atoms with Crippen LogP contribution < -0.4 is 27.4 Å². The first-order chi connectivity index (χ1) is 18.6. The van der Waals surface area contributed by atoms with E-state index < -0.39 is 47.9 Å². The number of rotatable bonds is 16. The van der Waals surface area contributed by atoms with Crippen molar-refractivity contribution < 1.29 is 29.4 Å². The molecule has 0 aliphatic heterocycles. The Bertz CT molecular complexity index is 1090. The van der Waals surface area contributed by atoms with Crippen LogP contribution in [0.25, 0.3) is 0 Å². The number of hydrogen-bond acceptors (Lipinski definition) is 8. The number of carboxylic acids is 1. The Morgan fingerprint density at radius 3 is 1.79 bits per heavy atom. The standard InChI is InChI=1S/C27H37N5O6S/c28-13-5-4-8-20(29)24(34)30-21(14-17-6-2-1-3-7-17)25(35)31-22(15-18-9-11-19(33)12-10-18)26(36)32-23(16-39)27(37)38/h1-3,6-7,9-12,20-23,33,39H,4-5,8,13-16,28-29H2,(H,30,34)(H,31,35)(H,32,36)(H,37,38). The zero-order chi connectivity index (χ0) is 28.8. The largest absolute Gasteiger partial charge is 0.508 e. The lowest BCUT2D eigenvalue weighted by Gasteiger charge is -2.25. The molecule has 3 amide bonds. The van der Waals surface area contributed by atoms with Crippen molar-refractivity contribution in [3.05, 3.63) is 65.7 Å². The van der Waals surface area contributed by atoms with Crippen LogP contribution in [0.4, 0.5) is 0 Å². The lowest BCUT2D eigenvalue weighted by atomic mass is 10.0. The van der Waals surface area contributed by atoms with E-state index in [2.05, 4.69) is 28.6 Å². The van der Waals surface area contributed by atoms with Gasteiger partial charge in [0.25, 0.3) is 0 Å². The van der Waals surface area contributed by atoms with Crippen LogP contribution in [0.15, 0.2) is 54.6 Å². The van der Waals surface area contributed by atoms with E-state index in [9.17, 15) is 29.4 Å². The molecule has 9 N–H and O–H groups in total. The molecule has 0 aliphatic rings. The van der Waals surface area contributed by atoms with Crippen LogP contribution in [0.5, 0.6) is 5.75 Å². The number of amides is 3. The molecule has 0 bridgehead atoms. The van der Waals surface area contributed by atoms with Gasteiger partial charge in [0.2, 0.25) is 17.7 Å². The van der Waals surface area contributed by atoms with Crippen molar-refractivity contribution in [3.8, 4) is 5.75 Å². The van der Waals surface area contributed by atoms with Crippen molar-refractivity contribution >= 4 is 36.3 Å². The summed E-state index contributed by atoms with van der Waals surface area (Å²) in [5.74, 6) is -3.29. The summed E-state index contributed by atoms with van der Waals surface area (Å²) in [6.45, 7) is 0.480. The van der Waals surface area contributed by atoms with E-state index in [0.717, 1.165) is 5.56 Å². The molecule has 0 saturated carbocycles. The molecule has 4 atom stereocenters. The minimum absolute atomic E-state index is 0.00136. The molecule has 0 spiro atoms. The number of carbonyl (C=O) groups excluding carboxylic acids is 3. The van der Waals surface area contributed by atoms with Crippen LogP contribution >= 0.6 is 12.6 Å². The molecule has 0 aromatic heterocycles. The SMILES string of the molecule is NCCCCC(N)C(=O)NC(Cc1ccccc1)C(=O)NC(Cc1ccc(O)cc1)C(=O)NC(CS)C(=O)O. The van der Waals surface area contributed by atoms with Gasteiger partial charge in [0.05, 0.1) is 6.04 Å². The summed E-state index contributed by atoms with van der Waals surface area (Å²) in [6.07, 6.45) is 1.91. The summed E-state index contributed by atoms with van der Waals surface area (Å²) in [4.78, 5) is 50.8. The van der Waals surface area contributed by atoms with Gasteiger partial charge in [-0.1, -0.05) is 48.9 Å². The number of benzene rings is 2. The van der Waals surface area contributed by atoms with Crippen LogP contribution in [-0.4, -0.2) is 70.4 Å². The van der Waals surface area contributed by atoms with Crippen molar-refractivity contribution in [2.24, 2.45) is 11.5 Å². The average molecular weight is 560 g/mol. The molecule has 39 heavy (non-hydrogen) atoms. The third-order valence-corrected chi connectivity index (χ3v) is 6.39. The Labute approximate surface area is 233 Å². The lowest BCUT2D eigenvalue weighted by Crippen LogP contribution is -2.58. The number of hydrogen-bond donors (Lipinski definition) is 8. The van der Waals surface area contributed by atoms with Gasteiger partial charge in [0.15, 0.2) is 0 Å². The van der Waals surface area contributed by atoms with E-state index in [1.165, 1.54) is 12.1 Å². The molecule has 212 valence electrons. The zero-order valence-electron chi connectivity index (χ0n) is 21.6. The number of carboxylic acid groups (broad SMARTS) is 1. The number of aliphatic carboxylic acids is 1. The van der Waals surface area contributed by atoms with Gasteiger partial charge in [-0.15, -0.1) is 0 Å². The van der Waals surface area contributed by atoms with Gasteiger partial charge in [-0.3, -0.25) is 14.4 Å². The zero-order valence-corrected chi connectivity index (χ0v) is 22.5. The van der Waals surface area contributed by atoms with Gasteiger partial charge < -0.3 is 37.6 Å². The molecule has 0 heterocycles. The maximum absolute atomic E-state index is 13.5. The quantitative estimate of drug-likeness (QED) is 0.105. The van der Waals surface area contributed by atoms with Crippen molar-refractivity contribution in [1.29, 1.82) is 0 Å². The van der Waals surface area contributed by atoms with Crippen molar-refractivity contribution in [3.63, 3.8) is 0 Å². The average Bonchev–Trinajstić information content (AvgIpc) is 2.92. The first-order valence-corrected chi connectivity index (χ1v) is 13.3. The van der Waals surface area contributed by atoms with E-state index in [0.29, 0.717) is 31.4 Å². The number of nitrogens with one attached hydrogen (secondary N) is 3. The Balaban J connectivity index is 2.26. The van der Waals surface area contributed by atoms with E-state index in [1.807, 2.05) is 6.07 Å². The highest BCUT2D eigenvalue weighted by atomic mass is 32.1. The number of phenolic OH excluding ortho intramolecular Hbond substituents is 1. The second-order valence-electron chi connectivity index (χ2n) is 9.16. The summed E-state index contributed by atoms with van der Waals surface area (Å²) in [6, 6.07) is 10.7. The number of aromatic hydroxyl groups is 1. The Kier molecular flexibility index (Phi) is 13.3. The fraction of sp³-hybridized carbons (Fsp3) is 0.407. The molecular formula is C27H37N5O6S. The minimum atomic E-state index is -1.27. The van der Waals surface area contributed by atoms with Gasteiger partial charge in [0.1, 0.15) is 23.9 Å². The topological polar surface area (TPSA) is 197 Å². The maximum atomic E-state index is 13.5. The van der Waals surface area contributed by atoms with E-state index >= 15 is 0 Å². The van der Waals surface area contributed by atoms with Crippen LogP contribution in [-0.2, 0) is 32.0 Å². The third kappa shape index (κ3) is 11.0. The molecule has 2 aromatic rings. The summed E-state index contributed by atoms with van der Waals surface area (Å²) in [7, 11) is 0. The van der Waals surface area contributed by atoms with E-state index in [4.69, 9.17) is 11.5 Å². The smallest absolute Gasteiger partial charge is 0.327 e. The first-order valence-electron chi connectivity index (χ1n) is 12.7. The van der Waals surface area contributed by atoms with Gasteiger partial charge >= 0.3 is 5.97 Å². The molecule has 0 radical (unpaired) electrons. The molecule has 4 unspecified atom stereocenters. The Hall–Kier alpha value is -3.61. The predicted octanol–water partition coefficient (Wildman–Crippen LogP) is 0.103. The van der Waals surface area contributed by atoms with Crippen molar-refractivity contribution in [1.82, 2.24) is 16.0 Å². The van der Waals surface area contributed by atoms with Gasteiger partial charge in [-0.25, -0.2) is 4.79 Å². The van der Waals surface area contributed by atoms with Gasteiger partial charge in [0, 0.05) is 18.6 Å². The second kappa shape index (κ2) is 16.4. The molecule has 2 rings (SSSR count). The predicted molar refractivity (Wildman–Crippen MR) is 150 cm³/mol. The number of phenols is 1. The van der Waals surface area contributed by atoms with Gasteiger partial charge in [-0.2, -0.15) is 12.6 Å². The molecule has 0 aliphatic carbocycles. The number of nitrogens with two attached hydrogens (primary N) is 2. The van der Waals surface area contributed by atoms with Crippen LogP contribution in [0, 0.1) is 0 Å². The number of carbonyl (C=O) groups is 4. The summed E-state index contributed by atoms with van der Waals surface area (Å²) >= 11 is 3.98. The lowest BCUT2D eigenvalue weighted by molar-refractivity contribution is -0.141. The Morgan fingerprint density at radius 1 is 0.769 bits per heavy atom. The van der Waals surface area contributed by atoms with E-state index in [1.54, 1.807) is 36.4 Å². The minimum Gasteiger partial charge on any atom is -0.508 e. The summed E-state index contributed by atoms with van der Waals surface area (Å²) < 4.78 is 0. The first kappa shape index (κ1) is 31.6. The highest BCUT2D eigenvalue weighted by Crippen LogP contribution is 2.12. The van der Waals surface area contributed by atoms with Crippen molar-refractivity contribution in [2.45, 2.75) is 56.3 Å². The monoisotopic (exact) mass is 559 g/mol. The maximum Gasteiger partial charge on any atom is 0.327 e. The third-order valence-electron chi connectivity index (χ3n) is 6.03. The molecule has 11 nitrogen and oxygen atoms in total. The molecule has 0 fully saturated rings. The Morgan fingerprint density at radius 2 is 1.28 bits per heavy atom. The number of thiol groups is 1.